The molecule has 0 spiro atoms. The van der Waals surface area contributed by atoms with E-state index in [9.17, 15) is 4.79 Å². The smallest absolute Gasteiger partial charge is 0.272 e. The Morgan fingerprint density at radius 1 is 1.40 bits per heavy atom. The van der Waals surface area contributed by atoms with Gasteiger partial charge in [0.05, 0.1) is 5.02 Å². The first kappa shape index (κ1) is 12.5. The molecule has 0 aliphatic carbocycles. The van der Waals surface area contributed by atoms with E-state index in [2.05, 4.69) is 11.9 Å². The number of carbonyl (C=O) groups excluding carboxylic acids is 1. The topological polar surface area (TPSA) is 30.0 Å². The van der Waals surface area contributed by atoms with Crippen molar-refractivity contribution in [2.75, 3.05) is 0 Å². The van der Waals surface area contributed by atoms with Crippen LogP contribution in [0, 0.1) is 0 Å². The number of aromatic nitrogens is 1. The summed E-state index contributed by atoms with van der Waals surface area (Å²) >= 11 is 11.1. The van der Waals surface area contributed by atoms with Crippen LogP contribution in [0.15, 0.2) is 12.1 Å². The zero-order valence-electron chi connectivity index (χ0n) is 8.59. The molecule has 15 heavy (non-hydrogen) atoms. The minimum absolute atomic E-state index is 0.160. The quantitative estimate of drug-likeness (QED) is 0.583. The highest BCUT2D eigenvalue weighted by Gasteiger charge is 2.10. The standard InChI is InChI=1S/C11H13Cl2NO/c1-2-3-4-5-8-6-7-9(12)10(14-8)11(13)15/h6-7H,2-5H2,1H3. The van der Waals surface area contributed by atoms with Crippen molar-refractivity contribution in [1.29, 1.82) is 0 Å². The lowest BCUT2D eigenvalue weighted by Crippen LogP contribution is -1.99. The highest BCUT2D eigenvalue weighted by Crippen LogP contribution is 2.17. The Kier molecular flexibility index (Phi) is 5.06. The van der Waals surface area contributed by atoms with Gasteiger partial charge in [0.2, 0.25) is 0 Å². The van der Waals surface area contributed by atoms with Crippen LogP contribution in [-0.4, -0.2) is 10.2 Å². The Morgan fingerprint density at radius 3 is 2.73 bits per heavy atom. The molecule has 2 nitrogen and oxygen atoms in total. The van der Waals surface area contributed by atoms with Gasteiger partial charge in [0.15, 0.2) is 0 Å². The van der Waals surface area contributed by atoms with E-state index in [1.54, 1.807) is 6.07 Å². The molecule has 1 aromatic heterocycles. The van der Waals surface area contributed by atoms with Crippen LogP contribution in [0.2, 0.25) is 5.02 Å². The predicted octanol–water partition coefficient (Wildman–Crippen LogP) is 3.85. The average Bonchev–Trinajstić information content (AvgIpc) is 2.20. The Balaban J connectivity index is 2.74. The molecule has 4 heteroatoms. The molecule has 82 valence electrons. The third-order valence-corrected chi connectivity index (χ3v) is 2.61. The highest BCUT2D eigenvalue weighted by molar-refractivity contribution is 6.68. The molecule has 0 N–H and O–H groups in total. The van der Waals surface area contributed by atoms with Crippen molar-refractivity contribution in [1.82, 2.24) is 4.98 Å². The Labute approximate surface area is 99.6 Å². The van der Waals surface area contributed by atoms with Crippen molar-refractivity contribution in [2.24, 2.45) is 0 Å². The van der Waals surface area contributed by atoms with Gasteiger partial charge in [0.1, 0.15) is 5.69 Å². The summed E-state index contributed by atoms with van der Waals surface area (Å²) in [5.41, 5.74) is 1.03. The van der Waals surface area contributed by atoms with E-state index in [1.165, 1.54) is 0 Å². The zero-order chi connectivity index (χ0) is 11.3. The van der Waals surface area contributed by atoms with Gasteiger partial charge in [-0.1, -0.05) is 31.4 Å². The molecule has 0 radical (unpaired) electrons. The van der Waals surface area contributed by atoms with Crippen LogP contribution in [0.25, 0.3) is 0 Å². The maximum absolute atomic E-state index is 11.0. The van der Waals surface area contributed by atoms with Crippen molar-refractivity contribution in [3.05, 3.63) is 28.5 Å². The largest absolute Gasteiger partial charge is 0.274 e. The molecule has 1 aromatic rings. The number of carbonyl (C=O) groups is 1. The molecule has 0 atom stereocenters. The molecule has 0 aliphatic rings. The van der Waals surface area contributed by atoms with E-state index < -0.39 is 5.24 Å². The second kappa shape index (κ2) is 6.09. The number of pyridine rings is 1. The van der Waals surface area contributed by atoms with Gasteiger partial charge in [-0.2, -0.15) is 0 Å². The second-order valence-corrected chi connectivity index (χ2v) is 4.11. The Morgan fingerprint density at radius 2 is 2.13 bits per heavy atom. The number of halogens is 2. The molecule has 0 fully saturated rings. The van der Waals surface area contributed by atoms with Gasteiger partial charge in [-0.3, -0.25) is 4.79 Å². The lowest BCUT2D eigenvalue weighted by Gasteiger charge is -2.03. The molecular formula is C11H13Cl2NO. The van der Waals surface area contributed by atoms with E-state index in [1.807, 2.05) is 6.07 Å². The fourth-order valence-corrected chi connectivity index (χ4v) is 1.70. The fraction of sp³-hybridized carbons (Fsp3) is 0.455. The summed E-state index contributed by atoms with van der Waals surface area (Å²) < 4.78 is 0. The van der Waals surface area contributed by atoms with E-state index in [0.29, 0.717) is 5.02 Å². The third-order valence-electron chi connectivity index (χ3n) is 2.13. The van der Waals surface area contributed by atoms with Crippen LogP contribution in [0.5, 0.6) is 0 Å². The minimum Gasteiger partial charge on any atom is -0.274 e. The van der Waals surface area contributed by atoms with Gasteiger partial charge in [0.25, 0.3) is 5.24 Å². The second-order valence-electron chi connectivity index (χ2n) is 3.36. The summed E-state index contributed by atoms with van der Waals surface area (Å²) in [6, 6.07) is 3.51. The Bertz CT molecular complexity index is 352. The first-order valence-electron chi connectivity index (χ1n) is 5.00. The summed E-state index contributed by atoms with van der Waals surface area (Å²) in [5.74, 6) is 0. The molecule has 0 saturated heterocycles. The maximum atomic E-state index is 11.0. The number of hydrogen-bond acceptors (Lipinski definition) is 2. The maximum Gasteiger partial charge on any atom is 0.272 e. The van der Waals surface area contributed by atoms with Crippen molar-refractivity contribution < 1.29 is 4.79 Å². The number of nitrogens with zero attached hydrogens (tertiary/aromatic N) is 1. The first-order chi connectivity index (χ1) is 7.15. The predicted molar refractivity (Wildman–Crippen MR) is 62.7 cm³/mol. The van der Waals surface area contributed by atoms with Crippen LogP contribution >= 0.6 is 23.2 Å². The molecule has 0 aromatic carbocycles. The minimum atomic E-state index is -0.600. The molecule has 0 saturated carbocycles. The van der Waals surface area contributed by atoms with E-state index in [4.69, 9.17) is 23.2 Å². The molecule has 1 rings (SSSR count). The summed E-state index contributed by atoms with van der Waals surface area (Å²) in [6.45, 7) is 2.14. The number of unbranched alkanes of at least 4 members (excludes halogenated alkanes) is 2. The zero-order valence-corrected chi connectivity index (χ0v) is 10.1. The molecule has 0 unspecified atom stereocenters. The molecule has 1 heterocycles. The summed E-state index contributed by atoms with van der Waals surface area (Å²) in [6.07, 6.45) is 4.26. The molecular weight excluding hydrogens is 233 g/mol. The fourth-order valence-electron chi connectivity index (χ4n) is 1.32. The summed E-state index contributed by atoms with van der Waals surface area (Å²) in [7, 11) is 0. The first-order valence-corrected chi connectivity index (χ1v) is 5.76. The van der Waals surface area contributed by atoms with Crippen LogP contribution in [0.3, 0.4) is 0 Å². The van der Waals surface area contributed by atoms with Crippen LogP contribution in [-0.2, 0) is 6.42 Å². The average molecular weight is 246 g/mol. The Hall–Kier alpha value is -0.600. The third kappa shape index (κ3) is 3.80. The van der Waals surface area contributed by atoms with E-state index in [0.717, 1.165) is 31.4 Å². The highest BCUT2D eigenvalue weighted by atomic mass is 35.5. The lowest BCUT2D eigenvalue weighted by atomic mass is 10.1. The van der Waals surface area contributed by atoms with Crippen molar-refractivity contribution >= 4 is 28.4 Å². The normalized spacial score (nSPS) is 10.3. The van der Waals surface area contributed by atoms with Crippen molar-refractivity contribution in [2.45, 2.75) is 32.6 Å². The van der Waals surface area contributed by atoms with Gasteiger partial charge in [-0.15, -0.1) is 0 Å². The van der Waals surface area contributed by atoms with Gasteiger partial charge in [0, 0.05) is 5.69 Å². The van der Waals surface area contributed by atoms with Crippen molar-refractivity contribution in [3.8, 4) is 0 Å². The molecule has 0 aliphatic heterocycles. The van der Waals surface area contributed by atoms with E-state index >= 15 is 0 Å². The molecule has 0 amide bonds. The van der Waals surface area contributed by atoms with Crippen LogP contribution in [0.4, 0.5) is 0 Å². The van der Waals surface area contributed by atoms with Gasteiger partial charge < -0.3 is 0 Å². The SMILES string of the molecule is CCCCCc1ccc(Cl)c(C(=O)Cl)n1. The summed E-state index contributed by atoms with van der Waals surface area (Å²) in [4.78, 5) is 15.1. The van der Waals surface area contributed by atoms with Crippen LogP contribution < -0.4 is 0 Å². The van der Waals surface area contributed by atoms with Crippen LogP contribution in [0.1, 0.15) is 42.4 Å². The van der Waals surface area contributed by atoms with Gasteiger partial charge >= 0.3 is 0 Å². The monoisotopic (exact) mass is 245 g/mol. The number of rotatable bonds is 5. The van der Waals surface area contributed by atoms with Gasteiger partial charge in [-0.25, -0.2) is 4.98 Å². The van der Waals surface area contributed by atoms with Gasteiger partial charge in [-0.05, 0) is 36.6 Å². The molecule has 0 bridgehead atoms. The van der Waals surface area contributed by atoms with E-state index in [-0.39, 0.29) is 5.69 Å². The van der Waals surface area contributed by atoms with Crippen molar-refractivity contribution in [3.63, 3.8) is 0 Å². The number of hydrogen-bond donors (Lipinski definition) is 0. The number of aryl methyl sites for hydroxylation is 1. The summed E-state index contributed by atoms with van der Waals surface area (Å²) in [5, 5.41) is -0.286. The lowest BCUT2D eigenvalue weighted by molar-refractivity contribution is 0.107.